The van der Waals surface area contributed by atoms with Gasteiger partial charge in [0.2, 0.25) is 11.8 Å². The van der Waals surface area contributed by atoms with Crippen molar-refractivity contribution in [3.63, 3.8) is 0 Å². The van der Waals surface area contributed by atoms with E-state index in [1.165, 1.54) is 0 Å². The van der Waals surface area contributed by atoms with Gasteiger partial charge in [0.05, 0.1) is 30.6 Å². The lowest BCUT2D eigenvalue weighted by Crippen LogP contribution is -2.30. The summed E-state index contributed by atoms with van der Waals surface area (Å²) in [6, 6.07) is 17.7. The molecular formula is C23H25N3O3. The summed E-state index contributed by atoms with van der Waals surface area (Å²) in [4.78, 5) is 14.1. The van der Waals surface area contributed by atoms with Crippen molar-refractivity contribution in [1.82, 2.24) is 14.7 Å². The molecule has 0 aliphatic heterocycles. The second-order valence-corrected chi connectivity index (χ2v) is 7.28. The smallest absolute Gasteiger partial charge is 0.227 e. The zero-order valence-corrected chi connectivity index (χ0v) is 17.0. The van der Waals surface area contributed by atoms with Crippen LogP contribution in [0, 0.1) is 6.92 Å². The maximum Gasteiger partial charge on any atom is 0.227 e. The van der Waals surface area contributed by atoms with Crippen molar-refractivity contribution in [1.29, 1.82) is 0 Å². The highest BCUT2D eigenvalue weighted by Crippen LogP contribution is 2.35. The molecule has 150 valence electrons. The van der Waals surface area contributed by atoms with Gasteiger partial charge in [0, 0.05) is 19.0 Å². The van der Waals surface area contributed by atoms with E-state index < -0.39 is 0 Å². The van der Waals surface area contributed by atoms with Crippen molar-refractivity contribution < 1.29 is 14.3 Å². The molecule has 0 unspecified atom stereocenters. The molecule has 1 amide bonds. The number of methoxy groups -OCH3 is 1. The van der Waals surface area contributed by atoms with Gasteiger partial charge in [0.25, 0.3) is 0 Å². The molecule has 1 heterocycles. The predicted octanol–water partition coefficient (Wildman–Crippen LogP) is 4.49. The van der Waals surface area contributed by atoms with Gasteiger partial charge in [-0.05, 0) is 44.0 Å². The Morgan fingerprint density at radius 3 is 2.52 bits per heavy atom. The number of aromatic nitrogens is 2. The quantitative estimate of drug-likeness (QED) is 0.595. The Bertz CT molecular complexity index is 1010. The van der Waals surface area contributed by atoms with E-state index in [4.69, 9.17) is 14.6 Å². The summed E-state index contributed by atoms with van der Waals surface area (Å²) >= 11 is 0. The Morgan fingerprint density at radius 1 is 1.14 bits per heavy atom. The van der Waals surface area contributed by atoms with Crippen molar-refractivity contribution in [2.75, 3.05) is 7.11 Å². The van der Waals surface area contributed by atoms with Crippen LogP contribution in [0.15, 0.2) is 54.6 Å². The van der Waals surface area contributed by atoms with Crippen molar-refractivity contribution in [2.45, 2.75) is 39.3 Å². The van der Waals surface area contributed by atoms with Crippen molar-refractivity contribution >= 4 is 5.91 Å². The Balaban J connectivity index is 1.77. The van der Waals surface area contributed by atoms with Crippen molar-refractivity contribution in [2.24, 2.45) is 0 Å². The molecule has 1 aliphatic rings. The lowest BCUT2D eigenvalue weighted by atomic mass is 10.2. The Morgan fingerprint density at radius 2 is 1.86 bits per heavy atom. The van der Waals surface area contributed by atoms with E-state index in [1.807, 2.05) is 66.4 Å². The van der Waals surface area contributed by atoms with Crippen LogP contribution in [-0.2, 0) is 11.3 Å². The van der Waals surface area contributed by atoms with Gasteiger partial charge < -0.3 is 14.4 Å². The fourth-order valence-electron chi connectivity index (χ4n) is 3.40. The molecule has 2 aromatic carbocycles. The fraction of sp³-hybridized carbons (Fsp3) is 0.304. The number of carbonyl (C=O) groups is 1. The lowest BCUT2D eigenvalue weighted by Gasteiger charge is -2.21. The second kappa shape index (κ2) is 7.99. The first-order valence-corrected chi connectivity index (χ1v) is 9.80. The summed E-state index contributed by atoms with van der Waals surface area (Å²) in [7, 11) is 1.63. The topological polar surface area (TPSA) is 56.6 Å². The molecule has 1 saturated carbocycles. The first kappa shape index (κ1) is 19.1. The average Bonchev–Trinajstić information content (AvgIpc) is 3.52. The van der Waals surface area contributed by atoms with E-state index in [0.29, 0.717) is 24.2 Å². The van der Waals surface area contributed by atoms with Crippen LogP contribution in [0.4, 0.5) is 0 Å². The van der Waals surface area contributed by atoms with Gasteiger partial charge >= 0.3 is 0 Å². The van der Waals surface area contributed by atoms with Gasteiger partial charge in [0.15, 0.2) is 0 Å². The van der Waals surface area contributed by atoms with Crippen LogP contribution in [0.2, 0.25) is 0 Å². The van der Waals surface area contributed by atoms with Crippen LogP contribution >= 0.6 is 0 Å². The summed E-state index contributed by atoms with van der Waals surface area (Å²) in [5.41, 5.74) is 2.66. The molecule has 0 atom stereocenters. The summed E-state index contributed by atoms with van der Waals surface area (Å²) < 4.78 is 13.4. The normalized spacial score (nSPS) is 13.2. The number of benzene rings is 2. The van der Waals surface area contributed by atoms with Gasteiger partial charge in [-0.15, -0.1) is 0 Å². The average molecular weight is 391 g/mol. The Kier molecular flexibility index (Phi) is 5.25. The standard InChI is InChI=1S/C23H25N3O3/c1-16-22(15-25(17(2)27)18-12-13-18)23(26(24-16)19-8-5-4-6-9-19)29-21-11-7-10-20(14-21)28-3/h4-11,14,18H,12-13,15H2,1-3H3. The zero-order chi connectivity index (χ0) is 20.4. The van der Waals surface area contributed by atoms with E-state index in [-0.39, 0.29) is 5.91 Å². The molecule has 6 nitrogen and oxygen atoms in total. The molecule has 1 fully saturated rings. The van der Waals surface area contributed by atoms with Crippen molar-refractivity contribution in [3.05, 3.63) is 65.9 Å². The highest BCUT2D eigenvalue weighted by molar-refractivity contribution is 5.74. The fourth-order valence-corrected chi connectivity index (χ4v) is 3.40. The summed E-state index contributed by atoms with van der Waals surface area (Å²) in [5.74, 6) is 2.07. The van der Waals surface area contributed by atoms with Crippen LogP contribution < -0.4 is 9.47 Å². The minimum atomic E-state index is 0.0756. The molecule has 1 aromatic heterocycles. The molecule has 4 rings (SSSR count). The second-order valence-electron chi connectivity index (χ2n) is 7.28. The van der Waals surface area contributed by atoms with E-state index in [9.17, 15) is 4.79 Å². The first-order chi connectivity index (χ1) is 14.1. The number of carbonyl (C=O) groups excluding carboxylic acids is 1. The summed E-state index contributed by atoms with van der Waals surface area (Å²) in [6.07, 6.45) is 2.11. The molecule has 0 spiro atoms. The molecule has 6 heteroatoms. The minimum Gasteiger partial charge on any atom is -0.497 e. The van der Waals surface area contributed by atoms with Crippen LogP contribution in [0.1, 0.15) is 31.0 Å². The Hall–Kier alpha value is -3.28. The molecule has 1 aliphatic carbocycles. The number of rotatable bonds is 7. The number of para-hydroxylation sites is 1. The summed E-state index contributed by atoms with van der Waals surface area (Å²) in [5, 5.41) is 4.73. The molecule has 0 bridgehead atoms. The number of nitrogens with zero attached hydrogens (tertiary/aromatic N) is 3. The highest BCUT2D eigenvalue weighted by Gasteiger charge is 2.33. The first-order valence-electron chi connectivity index (χ1n) is 9.80. The van der Waals surface area contributed by atoms with Gasteiger partial charge in [-0.1, -0.05) is 24.3 Å². The summed E-state index contributed by atoms with van der Waals surface area (Å²) in [6.45, 7) is 4.06. The van der Waals surface area contributed by atoms with E-state index in [2.05, 4.69) is 0 Å². The third-order valence-corrected chi connectivity index (χ3v) is 5.11. The molecule has 0 radical (unpaired) electrons. The third-order valence-electron chi connectivity index (χ3n) is 5.11. The monoisotopic (exact) mass is 391 g/mol. The molecule has 3 aromatic rings. The van der Waals surface area contributed by atoms with E-state index >= 15 is 0 Å². The zero-order valence-electron chi connectivity index (χ0n) is 17.0. The Labute approximate surface area is 170 Å². The minimum absolute atomic E-state index is 0.0756. The van der Waals surface area contributed by atoms with Crippen LogP contribution in [0.3, 0.4) is 0 Å². The number of hydrogen-bond acceptors (Lipinski definition) is 4. The van der Waals surface area contributed by atoms with E-state index in [0.717, 1.165) is 35.5 Å². The largest absolute Gasteiger partial charge is 0.497 e. The molecule has 0 saturated heterocycles. The maximum atomic E-state index is 12.2. The highest BCUT2D eigenvalue weighted by atomic mass is 16.5. The van der Waals surface area contributed by atoms with Gasteiger partial charge in [-0.3, -0.25) is 4.79 Å². The third kappa shape index (κ3) is 4.11. The van der Waals surface area contributed by atoms with Gasteiger partial charge in [-0.25, -0.2) is 4.68 Å². The molecule has 29 heavy (non-hydrogen) atoms. The SMILES string of the molecule is COc1cccc(Oc2c(CN(C(C)=O)C3CC3)c(C)nn2-c2ccccc2)c1. The molecule has 0 N–H and O–H groups in total. The van der Waals surface area contributed by atoms with Crippen LogP contribution in [0.5, 0.6) is 17.4 Å². The number of ether oxygens (including phenoxy) is 2. The molecular weight excluding hydrogens is 366 g/mol. The number of aryl methyl sites for hydroxylation is 1. The number of hydrogen-bond donors (Lipinski definition) is 0. The van der Waals surface area contributed by atoms with E-state index in [1.54, 1.807) is 18.7 Å². The van der Waals surface area contributed by atoms with Gasteiger partial charge in [0.1, 0.15) is 11.5 Å². The predicted molar refractivity (Wildman–Crippen MR) is 111 cm³/mol. The van der Waals surface area contributed by atoms with Gasteiger partial charge in [-0.2, -0.15) is 5.10 Å². The van der Waals surface area contributed by atoms with Crippen molar-refractivity contribution in [3.8, 4) is 23.1 Å². The van der Waals surface area contributed by atoms with Crippen LogP contribution in [-0.4, -0.2) is 33.7 Å². The van der Waals surface area contributed by atoms with Crippen LogP contribution in [0.25, 0.3) is 5.69 Å². The number of amides is 1. The maximum absolute atomic E-state index is 12.2. The lowest BCUT2D eigenvalue weighted by molar-refractivity contribution is -0.130.